The van der Waals surface area contributed by atoms with Crippen LogP contribution in [-0.2, 0) is 19.2 Å². The standard InChI is InChI=1S/4C2H4O3.Ca.H2S/c4*3-1-2(4)5;;/h4*3H,1H2,(H,4,5);;1H2/q;;;;+2;/p-2. The van der Waals surface area contributed by atoms with E-state index in [1.807, 2.05) is 0 Å². The van der Waals surface area contributed by atoms with Gasteiger partial charge in [-0.3, -0.25) is 0 Å². The Labute approximate surface area is 161 Å². The summed E-state index contributed by atoms with van der Waals surface area (Å²) < 4.78 is 0. The van der Waals surface area contributed by atoms with Crippen molar-refractivity contribution in [2.75, 3.05) is 26.4 Å². The molecule has 0 heterocycles. The minimum absolute atomic E-state index is 0. The predicted octanol–water partition coefficient (Wildman–Crippen LogP) is -6.68. The second-order valence-electron chi connectivity index (χ2n) is 2.16. The first-order chi connectivity index (χ1) is 9.08. The maximum absolute atomic E-state index is 9.12. The van der Waals surface area contributed by atoms with Crippen LogP contribution >= 0.6 is 13.5 Å². The van der Waals surface area contributed by atoms with E-state index in [0.29, 0.717) is 0 Å². The average molecular weight is 376 g/mol. The van der Waals surface area contributed by atoms with Crippen molar-refractivity contribution < 1.29 is 60.0 Å². The van der Waals surface area contributed by atoms with E-state index >= 15 is 0 Å². The molecule has 0 spiro atoms. The van der Waals surface area contributed by atoms with Crippen molar-refractivity contribution in [1.29, 1.82) is 0 Å². The third-order valence-electron chi connectivity index (χ3n) is 0.529. The largest absolute Gasteiger partial charge is 2.00 e. The van der Waals surface area contributed by atoms with Gasteiger partial charge in [0.05, 0.1) is 25.2 Å². The Hall–Kier alpha value is -0.670. The van der Waals surface area contributed by atoms with E-state index in [0.717, 1.165) is 0 Å². The van der Waals surface area contributed by atoms with E-state index in [1.54, 1.807) is 0 Å². The number of aliphatic hydroxyl groups is 4. The SMILES string of the molecule is O=C(O)CO.O=C(O)CO.O=C([O-])CO.O=C([O-])CO.S.[Ca+2]. The minimum Gasteiger partial charge on any atom is -0.548 e. The molecule has 0 saturated carbocycles. The molecule has 6 N–H and O–H groups in total. The number of carboxylic acids is 4. The van der Waals surface area contributed by atoms with Crippen molar-refractivity contribution in [3.8, 4) is 0 Å². The molecule has 12 nitrogen and oxygen atoms in total. The molecule has 0 aromatic heterocycles. The van der Waals surface area contributed by atoms with Crippen LogP contribution in [0.3, 0.4) is 0 Å². The molecule has 0 aromatic rings. The minimum atomic E-state index is -1.44. The Morgan fingerprint density at radius 2 is 0.727 bits per heavy atom. The summed E-state index contributed by atoms with van der Waals surface area (Å²) in [7, 11) is 0. The molecule has 0 rings (SSSR count). The summed E-state index contributed by atoms with van der Waals surface area (Å²) in [6.45, 7) is -3.33. The normalized spacial score (nSPS) is 6.73. The number of carboxylic acid groups (broad SMARTS) is 4. The monoisotopic (exact) mass is 376 g/mol. The maximum Gasteiger partial charge on any atom is 2.00 e. The van der Waals surface area contributed by atoms with Crippen LogP contribution in [0.1, 0.15) is 0 Å². The van der Waals surface area contributed by atoms with E-state index in [9.17, 15) is 0 Å². The summed E-state index contributed by atoms with van der Waals surface area (Å²) in [5.74, 6) is -5.26. The number of aliphatic hydroxyl groups excluding tert-OH is 4. The Balaban J connectivity index is -0.0000000376. The number of carbonyl (C=O) groups is 4. The molecular weight excluding hydrogens is 360 g/mol. The van der Waals surface area contributed by atoms with Gasteiger partial charge < -0.3 is 50.4 Å². The molecule has 0 aliphatic carbocycles. The van der Waals surface area contributed by atoms with Crippen LogP contribution in [0.5, 0.6) is 0 Å². The van der Waals surface area contributed by atoms with Crippen molar-refractivity contribution in [2.45, 2.75) is 0 Å². The fourth-order valence-corrected chi connectivity index (χ4v) is 0. The van der Waals surface area contributed by atoms with Gasteiger partial charge in [0.25, 0.3) is 0 Å². The van der Waals surface area contributed by atoms with Crippen LogP contribution in [0.2, 0.25) is 0 Å². The van der Waals surface area contributed by atoms with Gasteiger partial charge in [-0.15, -0.1) is 0 Å². The molecule has 0 bridgehead atoms. The molecule has 128 valence electrons. The van der Waals surface area contributed by atoms with Crippen LogP contribution in [0.15, 0.2) is 0 Å². The van der Waals surface area contributed by atoms with Gasteiger partial charge in [-0.2, -0.15) is 13.5 Å². The Bertz CT molecular complexity index is 228. The molecule has 0 aliphatic rings. The van der Waals surface area contributed by atoms with Crippen molar-refractivity contribution in [1.82, 2.24) is 0 Å². The van der Waals surface area contributed by atoms with Gasteiger partial charge in [-0.25, -0.2) is 9.59 Å². The van der Waals surface area contributed by atoms with Crippen LogP contribution in [0.4, 0.5) is 0 Å². The molecule has 0 atom stereocenters. The zero-order valence-electron chi connectivity index (χ0n) is 11.2. The van der Waals surface area contributed by atoms with Crippen molar-refractivity contribution in [2.24, 2.45) is 0 Å². The van der Waals surface area contributed by atoms with Gasteiger partial charge in [0, 0.05) is 0 Å². The van der Waals surface area contributed by atoms with E-state index in [4.69, 9.17) is 60.0 Å². The van der Waals surface area contributed by atoms with Gasteiger partial charge in [0.15, 0.2) is 0 Å². The van der Waals surface area contributed by atoms with Gasteiger partial charge in [0.2, 0.25) is 0 Å². The second kappa shape index (κ2) is 32.3. The summed E-state index contributed by atoms with van der Waals surface area (Å²) in [5.41, 5.74) is 0. The number of hydrogen-bond donors (Lipinski definition) is 6. The fraction of sp³-hybridized carbons (Fsp3) is 0.500. The number of rotatable bonds is 4. The maximum atomic E-state index is 9.12. The molecule has 14 heteroatoms. The summed E-state index contributed by atoms with van der Waals surface area (Å²) in [5, 5.41) is 63.0. The van der Waals surface area contributed by atoms with Gasteiger partial charge in [0.1, 0.15) is 13.2 Å². The van der Waals surface area contributed by atoms with E-state index in [2.05, 4.69) is 0 Å². The zero-order chi connectivity index (χ0) is 17.1. The van der Waals surface area contributed by atoms with E-state index in [-0.39, 0.29) is 51.2 Å². The molecule has 0 saturated heterocycles. The third-order valence-corrected chi connectivity index (χ3v) is 0.529. The molecule has 0 radical (unpaired) electrons. The topological polar surface area (TPSA) is 236 Å². The smallest absolute Gasteiger partial charge is 0.548 e. The summed E-state index contributed by atoms with van der Waals surface area (Å²) in [6, 6.07) is 0. The molecule has 0 aliphatic heterocycles. The average Bonchev–Trinajstić information content (AvgIpc) is 2.40. The predicted molar refractivity (Wildman–Crippen MR) is 69.8 cm³/mol. The van der Waals surface area contributed by atoms with Gasteiger partial charge in [-0.05, 0) is 0 Å². The molecule has 0 fully saturated rings. The van der Waals surface area contributed by atoms with Crippen LogP contribution < -0.4 is 10.2 Å². The van der Waals surface area contributed by atoms with Crippen molar-refractivity contribution in [3.63, 3.8) is 0 Å². The number of hydrogen-bond acceptors (Lipinski definition) is 10. The zero-order valence-corrected chi connectivity index (χ0v) is 14.4. The second-order valence-corrected chi connectivity index (χ2v) is 2.16. The van der Waals surface area contributed by atoms with Crippen molar-refractivity contribution >= 4 is 75.1 Å². The Kier molecular flexibility index (Phi) is 55.1. The van der Waals surface area contributed by atoms with Crippen LogP contribution in [0.25, 0.3) is 0 Å². The Morgan fingerprint density at radius 3 is 0.727 bits per heavy atom. The molecule has 0 unspecified atom stereocenters. The van der Waals surface area contributed by atoms with Gasteiger partial charge >= 0.3 is 49.7 Å². The molecule has 0 amide bonds. The first-order valence-corrected chi connectivity index (χ1v) is 4.35. The summed E-state index contributed by atoms with van der Waals surface area (Å²) in [6.07, 6.45) is 0. The third kappa shape index (κ3) is 121. The molecular formula is C8H16CaO12S. The fourth-order valence-electron chi connectivity index (χ4n) is 0. The van der Waals surface area contributed by atoms with Gasteiger partial charge in [-0.1, -0.05) is 0 Å². The molecule has 0 aromatic carbocycles. The number of aliphatic carboxylic acids is 4. The van der Waals surface area contributed by atoms with E-state index in [1.165, 1.54) is 0 Å². The number of carbonyl (C=O) groups excluding carboxylic acids is 2. The quantitative estimate of drug-likeness (QED) is 0.251. The van der Waals surface area contributed by atoms with E-state index < -0.39 is 50.3 Å². The Morgan fingerprint density at radius 1 is 0.636 bits per heavy atom. The summed E-state index contributed by atoms with van der Waals surface area (Å²) >= 11 is 0. The summed E-state index contributed by atoms with van der Waals surface area (Å²) in [4.78, 5) is 36.2. The molecule has 22 heavy (non-hydrogen) atoms. The first kappa shape index (κ1) is 37.5. The van der Waals surface area contributed by atoms with Crippen molar-refractivity contribution in [3.05, 3.63) is 0 Å². The van der Waals surface area contributed by atoms with Crippen LogP contribution in [0, 0.1) is 0 Å². The first-order valence-electron chi connectivity index (χ1n) is 4.35. The van der Waals surface area contributed by atoms with Crippen LogP contribution in [-0.4, -0.2) is 119 Å².